The van der Waals surface area contributed by atoms with Crippen LogP contribution in [0.5, 0.6) is 0 Å². The summed E-state index contributed by atoms with van der Waals surface area (Å²) < 4.78 is 5.01. The second-order valence-corrected chi connectivity index (χ2v) is 3.82. The lowest BCUT2D eigenvalue weighted by Crippen LogP contribution is -2.49. The van der Waals surface area contributed by atoms with Crippen LogP contribution >= 0.6 is 0 Å². The predicted molar refractivity (Wildman–Crippen MR) is 44.6 cm³/mol. The van der Waals surface area contributed by atoms with Crippen molar-refractivity contribution in [2.24, 2.45) is 0 Å². The van der Waals surface area contributed by atoms with E-state index in [2.05, 4.69) is 0 Å². The van der Waals surface area contributed by atoms with E-state index in [0.29, 0.717) is 0 Å². The van der Waals surface area contributed by atoms with Crippen molar-refractivity contribution < 1.29 is 20.1 Å². The molecule has 0 fully saturated rings. The third-order valence-electron chi connectivity index (χ3n) is 2.06. The third kappa shape index (κ3) is 3.06. The van der Waals surface area contributed by atoms with Gasteiger partial charge in [-0.15, -0.1) is 0 Å². The molecule has 0 heterocycles. The maximum atomic E-state index is 9.57. The van der Waals surface area contributed by atoms with E-state index in [1.165, 1.54) is 0 Å². The maximum absolute atomic E-state index is 9.57. The highest BCUT2D eigenvalue weighted by atomic mass is 16.6. The van der Waals surface area contributed by atoms with Gasteiger partial charge in [-0.2, -0.15) is 0 Å². The summed E-state index contributed by atoms with van der Waals surface area (Å²) in [4.78, 5) is 0. The zero-order valence-electron chi connectivity index (χ0n) is 8.03. The minimum Gasteiger partial charge on any atom is -0.391 e. The van der Waals surface area contributed by atoms with E-state index >= 15 is 0 Å². The lowest BCUT2D eigenvalue weighted by Gasteiger charge is -2.38. The van der Waals surface area contributed by atoms with Crippen molar-refractivity contribution in [1.29, 1.82) is 0 Å². The molecule has 1 atom stereocenters. The average Bonchev–Trinajstić information content (AvgIpc) is 1.84. The Hall–Kier alpha value is -0.160. The van der Waals surface area contributed by atoms with Gasteiger partial charge in [0, 0.05) is 0 Å². The molecule has 0 saturated heterocycles. The smallest absolute Gasteiger partial charge is 0.178 e. The van der Waals surface area contributed by atoms with Crippen molar-refractivity contribution in [1.82, 2.24) is 0 Å². The minimum atomic E-state index is -1.24. The highest BCUT2D eigenvalue weighted by Gasteiger charge is 2.37. The summed E-state index contributed by atoms with van der Waals surface area (Å²) >= 11 is 0. The molecule has 0 aromatic rings. The van der Waals surface area contributed by atoms with Gasteiger partial charge in [0.15, 0.2) is 6.29 Å². The molecule has 0 aromatic carbocycles. The van der Waals surface area contributed by atoms with Crippen LogP contribution in [-0.4, -0.2) is 39.4 Å². The Bertz CT molecular complexity index is 136. The largest absolute Gasteiger partial charge is 0.391 e. The Kier molecular flexibility index (Phi) is 3.65. The molecule has 0 bridgehead atoms. The summed E-state index contributed by atoms with van der Waals surface area (Å²) in [5.74, 6) is 0. The van der Waals surface area contributed by atoms with Gasteiger partial charge in [-0.1, -0.05) is 0 Å². The van der Waals surface area contributed by atoms with E-state index in [4.69, 9.17) is 14.9 Å². The van der Waals surface area contributed by atoms with E-state index in [1.54, 1.807) is 27.7 Å². The van der Waals surface area contributed by atoms with E-state index in [-0.39, 0.29) is 0 Å². The molecule has 12 heavy (non-hydrogen) atoms. The topological polar surface area (TPSA) is 69.9 Å². The number of aliphatic hydroxyl groups excluding tert-OH is 2. The van der Waals surface area contributed by atoms with E-state index < -0.39 is 24.1 Å². The predicted octanol–water partition coefficient (Wildman–Crippen LogP) is -0.137. The Balaban J connectivity index is 4.22. The first-order chi connectivity index (χ1) is 5.20. The third-order valence-corrected chi connectivity index (χ3v) is 2.06. The lowest BCUT2D eigenvalue weighted by atomic mass is 9.89. The Morgan fingerprint density at radius 2 is 1.67 bits per heavy atom. The summed E-state index contributed by atoms with van der Waals surface area (Å²) in [6, 6.07) is 0. The van der Waals surface area contributed by atoms with Crippen molar-refractivity contribution in [3.63, 3.8) is 0 Å². The SMILES string of the molecule is CC(C)(O)C(C)(C)OC(O)CO. The molecule has 0 saturated carbocycles. The van der Waals surface area contributed by atoms with Crippen LogP contribution in [0.25, 0.3) is 0 Å². The zero-order valence-corrected chi connectivity index (χ0v) is 8.03. The first-order valence-corrected chi connectivity index (χ1v) is 3.90. The molecule has 0 rings (SSSR count). The average molecular weight is 178 g/mol. The van der Waals surface area contributed by atoms with Crippen molar-refractivity contribution in [2.45, 2.75) is 45.2 Å². The highest BCUT2D eigenvalue weighted by Crippen LogP contribution is 2.25. The molecule has 74 valence electrons. The second kappa shape index (κ2) is 3.70. The molecule has 1 unspecified atom stereocenters. The van der Waals surface area contributed by atoms with Crippen molar-refractivity contribution in [2.75, 3.05) is 6.61 Å². The standard InChI is InChI=1S/C8H18O4/c1-7(2,11)8(3,4)12-6(10)5-9/h6,9-11H,5H2,1-4H3. The van der Waals surface area contributed by atoms with Crippen LogP contribution in [-0.2, 0) is 4.74 Å². The van der Waals surface area contributed by atoms with Gasteiger partial charge in [-0.3, -0.25) is 0 Å². The van der Waals surface area contributed by atoms with E-state index in [0.717, 1.165) is 0 Å². The van der Waals surface area contributed by atoms with Gasteiger partial charge < -0.3 is 20.1 Å². The molecule has 0 aliphatic carbocycles. The highest BCUT2D eigenvalue weighted by molar-refractivity contribution is 4.87. The number of ether oxygens (including phenoxy) is 1. The monoisotopic (exact) mass is 178 g/mol. The van der Waals surface area contributed by atoms with E-state index in [9.17, 15) is 5.11 Å². The molecular formula is C8H18O4. The molecule has 4 nitrogen and oxygen atoms in total. The molecule has 4 heteroatoms. The Labute approximate surface area is 72.8 Å². The Morgan fingerprint density at radius 3 is 1.92 bits per heavy atom. The van der Waals surface area contributed by atoms with Crippen LogP contribution in [0.3, 0.4) is 0 Å². The summed E-state index contributed by atoms with van der Waals surface area (Å²) in [5, 5.41) is 27.1. The zero-order chi connectivity index (χ0) is 9.99. The van der Waals surface area contributed by atoms with Crippen LogP contribution in [0.2, 0.25) is 0 Å². The fourth-order valence-corrected chi connectivity index (χ4v) is 0.522. The molecule has 0 amide bonds. The van der Waals surface area contributed by atoms with Gasteiger partial charge in [0.05, 0.1) is 17.8 Å². The molecule has 3 N–H and O–H groups in total. The molecule has 0 aromatic heterocycles. The first-order valence-electron chi connectivity index (χ1n) is 3.90. The van der Waals surface area contributed by atoms with Crippen LogP contribution in [0, 0.1) is 0 Å². The number of aliphatic hydroxyl groups is 3. The normalized spacial score (nSPS) is 16.2. The quantitative estimate of drug-likeness (QED) is 0.524. The minimum absolute atomic E-state index is 0.473. The van der Waals surface area contributed by atoms with Crippen molar-refractivity contribution in [3.05, 3.63) is 0 Å². The fourth-order valence-electron chi connectivity index (χ4n) is 0.522. The first kappa shape index (κ1) is 11.8. The van der Waals surface area contributed by atoms with Crippen molar-refractivity contribution >= 4 is 0 Å². The maximum Gasteiger partial charge on any atom is 0.178 e. The van der Waals surface area contributed by atoms with Gasteiger partial charge in [-0.25, -0.2) is 0 Å². The van der Waals surface area contributed by atoms with Gasteiger partial charge in [0.1, 0.15) is 0 Å². The van der Waals surface area contributed by atoms with Crippen LogP contribution < -0.4 is 0 Å². The molecule has 0 radical (unpaired) electrons. The fraction of sp³-hybridized carbons (Fsp3) is 1.00. The second-order valence-electron chi connectivity index (χ2n) is 3.82. The lowest BCUT2D eigenvalue weighted by molar-refractivity contribution is -0.239. The molecule has 0 aliphatic heterocycles. The number of hydrogen-bond donors (Lipinski definition) is 3. The van der Waals surface area contributed by atoms with Gasteiger partial charge in [0.2, 0.25) is 0 Å². The van der Waals surface area contributed by atoms with Crippen molar-refractivity contribution in [3.8, 4) is 0 Å². The molecule has 0 spiro atoms. The van der Waals surface area contributed by atoms with E-state index in [1.807, 2.05) is 0 Å². The van der Waals surface area contributed by atoms with Gasteiger partial charge in [0.25, 0.3) is 0 Å². The summed E-state index contributed by atoms with van der Waals surface area (Å²) in [6.45, 7) is 5.98. The van der Waals surface area contributed by atoms with Gasteiger partial charge >= 0.3 is 0 Å². The number of hydrogen-bond acceptors (Lipinski definition) is 4. The summed E-state index contributed by atoms with van der Waals surface area (Å²) in [5.41, 5.74) is -1.96. The summed E-state index contributed by atoms with van der Waals surface area (Å²) in [7, 11) is 0. The molecule has 0 aliphatic rings. The Morgan fingerprint density at radius 1 is 1.25 bits per heavy atom. The summed E-state index contributed by atoms with van der Waals surface area (Å²) in [6.07, 6.45) is -1.24. The van der Waals surface area contributed by atoms with Crippen LogP contribution in [0.4, 0.5) is 0 Å². The van der Waals surface area contributed by atoms with Crippen LogP contribution in [0.15, 0.2) is 0 Å². The van der Waals surface area contributed by atoms with Crippen LogP contribution in [0.1, 0.15) is 27.7 Å². The molecular weight excluding hydrogens is 160 g/mol. The number of rotatable bonds is 4. The van der Waals surface area contributed by atoms with Gasteiger partial charge in [-0.05, 0) is 27.7 Å².